The number of aromatic amines is 1. The number of fused-ring (bicyclic) bond motifs is 1. The van der Waals surface area contributed by atoms with Crippen molar-refractivity contribution in [3.05, 3.63) is 80.0 Å². The summed E-state index contributed by atoms with van der Waals surface area (Å²) in [6.07, 6.45) is -4.84. The van der Waals surface area contributed by atoms with Gasteiger partial charge in [0.05, 0.1) is 6.54 Å². The topological polar surface area (TPSA) is 93.9 Å². The number of nitrogens with zero attached hydrogens (tertiary/aromatic N) is 3. The molecule has 0 unspecified atom stereocenters. The number of anilines is 2. The largest absolute Gasteiger partial charge is 0.573 e. The first-order chi connectivity index (χ1) is 15.1. The molecule has 2 heterocycles. The normalized spacial score (nSPS) is 11.7. The van der Waals surface area contributed by atoms with Crippen LogP contribution in [0.5, 0.6) is 5.75 Å². The van der Waals surface area contributed by atoms with Crippen LogP contribution < -0.4 is 21.3 Å². The number of benzene rings is 2. The Morgan fingerprint density at radius 1 is 1.16 bits per heavy atom. The number of aromatic nitrogens is 4. The maximum atomic E-state index is 12.6. The molecular formula is C20H15ClF3N5O3. The first-order valence-corrected chi connectivity index (χ1v) is 9.55. The van der Waals surface area contributed by atoms with E-state index in [0.29, 0.717) is 5.02 Å². The van der Waals surface area contributed by atoms with E-state index in [1.54, 1.807) is 24.3 Å². The minimum absolute atomic E-state index is 0.109. The fourth-order valence-electron chi connectivity index (χ4n) is 3.16. The third-order valence-corrected chi connectivity index (χ3v) is 4.84. The summed E-state index contributed by atoms with van der Waals surface area (Å²) in [7, 11) is 1.45. The van der Waals surface area contributed by atoms with Crippen LogP contribution in [0.15, 0.2) is 58.1 Å². The second kappa shape index (κ2) is 8.08. The van der Waals surface area contributed by atoms with Gasteiger partial charge in [0.2, 0.25) is 5.95 Å². The zero-order valence-corrected chi connectivity index (χ0v) is 17.2. The minimum atomic E-state index is -4.84. The second-order valence-electron chi connectivity index (χ2n) is 6.84. The Kier molecular flexibility index (Phi) is 5.43. The summed E-state index contributed by atoms with van der Waals surface area (Å²) in [5.74, 6) is -0.279. The van der Waals surface area contributed by atoms with E-state index in [1.807, 2.05) is 0 Å². The molecule has 0 fully saturated rings. The maximum Gasteiger partial charge on any atom is 0.573 e. The van der Waals surface area contributed by atoms with Crippen LogP contribution >= 0.6 is 11.6 Å². The Morgan fingerprint density at radius 2 is 1.88 bits per heavy atom. The predicted molar refractivity (Wildman–Crippen MR) is 113 cm³/mol. The second-order valence-corrected chi connectivity index (χ2v) is 7.28. The van der Waals surface area contributed by atoms with E-state index in [2.05, 4.69) is 20.0 Å². The lowest BCUT2D eigenvalue weighted by Crippen LogP contribution is -2.29. The van der Waals surface area contributed by atoms with Crippen molar-refractivity contribution in [2.45, 2.75) is 12.9 Å². The lowest BCUT2D eigenvalue weighted by molar-refractivity contribution is -0.274. The molecule has 0 aliphatic heterocycles. The molecule has 12 heteroatoms. The molecule has 8 nitrogen and oxygen atoms in total. The number of halogens is 4. The van der Waals surface area contributed by atoms with Gasteiger partial charge in [0.15, 0.2) is 11.2 Å². The van der Waals surface area contributed by atoms with Crippen LogP contribution in [0.25, 0.3) is 11.2 Å². The summed E-state index contributed by atoms with van der Waals surface area (Å²) in [4.78, 5) is 31.2. The molecule has 32 heavy (non-hydrogen) atoms. The van der Waals surface area contributed by atoms with Crippen LogP contribution in [0.1, 0.15) is 5.56 Å². The molecule has 4 rings (SSSR count). The zero-order chi connectivity index (χ0) is 23.0. The van der Waals surface area contributed by atoms with Crippen molar-refractivity contribution in [2.75, 3.05) is 5.32 Å². The standard InChI is InChI=1S/C20H15ClF3N5O3/c1-28-16-15(17(30)27-19(28)31)29(10-11-5-7-12(21)8-6-11)18(26-16)25-13-3-2-4-14(9-13)32-20(22,23)24/h2-9H,10H2,1H3,(H,25,26)(H,27,30,31). The highest BCUT2D eigenvalue weighted by atomic mass is 35.5. The average molecular weight is 466 g/mol. The smallest absolute Gasteiger partial charge is 0.406 e. The molecule has 0 aliphatic rings. The Labute approximate surface area is 182 Å². The molecule has 0 saturated carbocycles. The fraction of sp³-hybridized carbons (Fsp3) is 0.150. The molecular weight excluding hydrogens is 451 g/mol. The minimum Gasteiger partial charge on any atom is -0.406 e. The zero-order valence-electron chi connectivity index (χ0n) is 16.4. The number of nitrogens with one attached hydrogen (secondary N) is 2. The maximum absolute atomic E-state index is 12.6. The Bertz CT molecular complexity index is 1410. The summed E-state index contributed by atoms with van der Waals surface area (Å²) in [5, 5.41) is 3.44. The van der Waals surface area contributed by atoms with Crippen LogP contribution in [-0.2, 0) is 13.6 Å². The SMILES string of the molecule is Cn1c(=O)[nH]c(=O)c2c1nc(Nc1cccc(OC(F)(F)F)c1)n2Cc1ccc(Cl)cc1. The Balaban J connectivity index is 1.82. The molecule has 0 atom stereocenters. The third kappa shape index (κ3) is 4.47. The van der Waals surface area contributed by atoms with Crippen molar-refractivity contribution < 1.29 is 17.9 Å². The Hall–Kier alpha value is -3.73. The van der Waals surface area contributed by atoms with Crippen LogP contribution in [0.2, 0.25) is 5.02 Å². The summed E-state index contributed by atoms with van der Waals surface area (Å²) < 4.78 is 44.3. The van der Waals surface area contributed by atoms with Crippen molar-refractivity contribution in [2.24, 2.45) is 7.05 Å². The highest BCUT2D eigenvalue weighted by Gasteiger charge is 2.31. The van der Waals surface area contributed by atoms with Gasteiger partial charge in [0.1, 0.15) is 5.75 Å². The molecule has 0 radical (unpaired) electrons. The predicted octanol–water partition coefficient (Wildman–Crippen LogP) is 3.77. The van der Waals surface area contributed by atoms with Gasteiger partial charge in [0, 0.05) is 23.8 Å². The first kappa shape index (κ1) is 21.5. The lowest BCUT2D eigenvalue weighted by atomic mass is 10.2. The quantitative estimate of drug-likeness (QED) is 0.468. The van der Waals surface area contributed by atoms with E-state index in [0.717, 1.165) is 17.7 Å². The highest BCUT2D eigenvalue weighted by molar-refractivity contribution is 6.30. The van der Waals surface area contributed by atoms with Crippen molar-refractivity contribution in [1.29, 1.82) is 0 Å². The van der Waals surface area contributed by atoms with Gasteiger partial charge in [-0.3, -0.25) is 18.9 Å². The number of H-pyrrole nitrogens is 1. The van der Waals surface area contributed by atoms with Gasteiger partial charge in [-0.05, 0) is 29.8 Å². The van der Waals surface area contributed by atoms with Crippen LogP contribution in [0, 0.1) is 0 Å². The number of alkyl halides is 3. The first-order valence-electron chi connectivity index (χ1n) is 9.17. The third-order valence-electron chi connectivity index (χ3n) is 4.58. The van der Waals surface area contributed by atoms with Crippen LogP contribution in [0.4, 0.5) is 24.8 Å². The van der Waals surface area contributed by atoms with E-state index in [-0.39, 0.29) is 29.3 Å². The van der Waals surface area contributed by atoms with Crippen LogP contribution in [-0.4, -0.2) is 25.5 Å². The van der Waals surface area contributed by atoms with Gasteiger partial charge in [-0.25, -0.2) is 4.79 Å². The van der Waals surface area contributed by atoms with Crippen LogP contribution in [0.3, 0.4) is 0 Å². The van der Waals surface area contributed by atoms with Gasteiger partial charge in [-0.2, -0.15) is 4.98 Å². The monoisotopic (exact) mass is 465 g/mol. The van der Waals surface area contributed by atoms with E-state index in [4.69, 9.17) is 11.6 Å². The van der Waals surface area contributed by atoms with Gasteiger partial charge in [-0.1, -0.05) is 29.8 Å². The van der Waals surface area contributed by atoms with Gasteiger partial charge in [-0.15, -0.1) is 13.2 Å². The molecule has 0 spiro atoms. The highest BCUT2D eigenvalue weighted by Crippen LogP contribution is 2.27. The molecule has 2 aromatic heterocycles. The molecule has 166 valence electrons. The molecule has 0 bridgehead atoms. The van der Waals surface area contributed by atoms with E-state index in [9.17, 15) is 22.8 Å². The molecule has 4 aromatic rings. The number of aryl methyl sites for hydroxylation is 1. The van der Waals surface area contributed by atoms with E-state index in [1.165, 1.54) is 28.3 Å². The molecule has 2 aromatic carbocycles. The number of hydrogen-bond acceptors (Lipinski definition) is 5. The number of imidazole rings is 1. The summed E-state index contributed by atoms with van der Waals surface area (Å²) >= 11 is 5.93. The fourth-order valence-corrected chi connectivity index (χ4v) is 3.28. The number of rotatable bonds is 5. The van der Waals surface area contributed by atoms with E-state index >= 15 is 0 Å². The van der Waals surface area contributed by atoms with Crippen molar-refractivity contribution in [3.8, 4) is 5.75 Å². The number of ether oxygens (including phenoxy) is 1. The van der Waals surface area contributed by atoms with Gasteiger partial charge >= 0.3 is 12.1 Å². The van der Waals surface area contributed by atoms with E-state index < -0.39 is 23.4 Å². The van der Waals surface area contributed by atoms with Gasteiger partial charge < -0.3 is 10.1 Å². The van der Waals surface area contributed by atoms with Crippen molar-refractivity contribution >= 4 is 34.4 Å². The van der Waals surface area contributed by atoms with Gasteiger partial charge in [0.25, 0.3) is 5.56 Å². The molecule has 2 N–H and O–H groups in total. The summed E-state index contributed by atoms with van der Waals surface area (Å²) in [6, 6.07) is 12.1. The molecule has 0 amide bonds. The lowest BCUT2D eigenvalue weighted by Gasteiger charge is -2.13. The summed E-state index contributed by atoms with van der Waals surface area (Å²) in [5.41, 5.74) is -0.0531. The Morgan fingerprint density at radius 3 is 2.56 bits per heavy atom. The van der Waals surface area contributed by atoms with Crippen molar-refractivity contribution in [1.82, 2.24) is 19.1 Å². The molecule has 0 saturated heterocycles. The average Bonchev–Trinajstić information content (AvgIpc) is 3.05. The molecule has 0 aliphatic carbocycles. The number of hydrogen-bond donors (Lipinski definition) is 2. The summed E-state index contributed by atoms with van der Waals surface area (Å²) in [6.45, 7) is 0.177. The van der Waals surface area contributed by atoms with Crippen molar-refractivity contribution in [3.63, 3.8) is 0 Å².